The zero-order valence-electron chi connectivity index (χ0n) is 16.3. The fraction of sp³-hybridized carbons (Fsp3) is 0.684. The van der Waals surface area contributed by atoms with Crippen molar-refractivity contribution in [3.8, 4) is 5.75 Å². The van der Waals surface area contributed by atoms with E-state index in [2.05, 4.69) is 4.90 Å². The van der Waals surface area contributed by atoms with Gasteiger partial charge in [0, 0.05) is 39.3 Å². The summed E-state index contributed by atoms with van der Waals surface area (Å²) in [6.45, 7) is 4.02. The average Bonchev–Trinajstić information content (AvgIpc) is 3.22. The predicted molar refractivity (Wildman–Crippen MR) is 104 cm³/mol. The molecule has 3 rings (SSSR count). The van der Waals surface area contributed by atoms with Gasteiger partial charge in [0.15, 0.2) is 0 Å². The minimum atomic E-state index is -3.51. The van der Waals surface area contributed by atoms with E-state index in [0.717, 1.165) is 19.4 Å². The first-order chi connectivity index (χ1) is 13.5. The highest BCUT2D eigenvalue weighted by Crippen LogP contribution is 2.20. The summed E-state index contributed by atoms with van der Waals surface area (Å²) in [6.07, 6.45) is 1.64. The van der Waals surface area contributed by atoms with E-state index in [1.165, 1.54) is 4.31 Å². The van der Waals surface area contributed by atoms with Gasteiger partial charge in [-0.15, -0.1) is 0 Å². The van der Waals surface area contributed by atoms with Crippen LogP contribution >= 0.6 is 0 Å². The summed E-state index contributed by atoms with van der Waals surface area (Å²) in [5.41, 5.74) is 0. The summed E-state index contributed by atoms with van der Waals surface area (Å²) >= 11 is 0. The molecule has 0 bridgehead atoms. The summed E-state index contributed by atoms with van der Waals surface area (Å²) < 4.78 is 43.2. The Morgan fingerprint density at radius 1 is 1.21 bits per heavy atom. The summed E-state index contributed by atoms with van der Waals surface area (Å²) in [6, 6.07) is 6.43. The van der Waals surface area contributed by atoms with Crippen molar-refractivity contribution in [1.82, 2.24) is 9.21 Å². The summed E-state index contributed by atoms with van der Waals surface area (Å²) in [4.78, 5) is 2.34. The lowest BCUT2D eigenvalue weighted by molar-refractivity contribution is -0.0270. The number of benzene rings is 1. The Kier molecular flexibility index (Phi) is 7.67. The third kappa shape index (κ3) is 5.65. The van der Waals surface area contributed by atoms with Gasteiger partial charge in [0.2, 0.25) is 10.0 Å². The van der Waals surface area contributed by atoms with Crippen LogP contribution in [0.5, 0.6) is 5.75 Å². The van der Waals surface area contributed by atoms with Crippen LogP contribution in [0.3, 0.4) is 0 Å². The number of aliphatic hydroxyl groups is 1. The van der Waals surface area contributed by atoms with E-state index in [-0.39, 0.29) is 17.6 Å². The van der Waals surface area contributed by atoms with Crippen LogP contribution in [-0.4, -0.2) is 94.6 Å². The van der Waals surface area contributed by atoms with Crippen molar-refractivity contribution in [2.24, 2.45) is 0 Å². The van der Waals surface area contributed by atoms with Crippen molar-refractivity contribution in [3.05, 3.63) is 24.3 Å². The second-order valence-electron chi connectivity index (χ2n) is 7.21. The topological polar surface area (TPSA) is 88.5 Å². The fourth-order valence-corrected chi connectivity index (χ4v) is 4.93. The lowest BCUT2D eigenvalue weighted by Gasteiger charge is -2.34. The number of aliphatic hydroxyl groups excluding tert-OH is 1. The maximum Gasteiger partial charge on any atom is 0.243 e. The number of nitrogens with zero attached hydrogens (tertiary/aromatic N) is 2. The molecule has 0 aliphatic carbocycles. The fourth-order valence-electron chi connectivity index (χ4n) is 3.51. The van der Waals surface area contributed by atoms with Crippen molar-refractivity contribution in [1.29, 1.82) is 0 Å². The molecule has 0 spiro atoms. The van der Waals surface area contributed by atoms with Gasteiger partial charge in [0.1, 0.15) is 5.75 Å². The molecule has 2 heterocycles. The van der Waals surface area contributed by atoms with Crippen LogP contribution in [0.25, 0.3) is 0 Å². The number of methoxy groups -OCH3 is 1. The molecule has 1 N–H and O–H groups in total. The van der Waals surface area contributed by atoms with Gasteiger partial charge in [-0.3, -0.25) is 4.90 Å². The molecule has 8 nitrogen and oxygen atoms in total. The molecule has 2 aliphatic rings. The maximum absolute atomic E-state index is 12.8. The second-order valence-corrected chi connectivity index (χ2v) is 9.14. The van der Waals surface area contributed by atoms with E-state index in [1.807, 2.05) is 0 Å². The van der Waals surface area contributed by atoms with Crippen LogP contribution in [0.15, 0.2) is 29.2 Å². The lowest BCUT2D eigenvalue weighted by Crippen LogP contribution is -2.50. The minimum absolute atomic E-state index is 0.152. The average molecular weight is 415 g/mol. The van der Waals surface area contributed by atoms with E-state index >= 15 is 0 Å². The van der Waals surface area contributed by atoms with Crippen molar-refractivity contribution < 1.29 is 27.7 Å². The Bertz CT molecular complexity index is 698. The zero-order chi connectivity index (χ0) is 20.0. The second kappa shape index (κ2) is 10.00. The van der Waals surface area contributed by atoms with Gasteiger partial charge in [-0.1, -0.05) is 0 Å². The van der Waals surface area contributed by atoms with Gasteiger partial charge < -0.3 is 19.3 Å². The zero-order valence-corrected chi connectivity index (χ0v) is 17.1. The molecule has 0 amide bonds. The van der Waals surface area contributed by atoms with Crippen LogP contribution in [0, 0.1) is 0 Å². The van der Waals surface area contributed by atoms with E-state index in [9.17, 15) is 13.5 Å². The standard InChI is InChI=1S/C19H30N2O6S/c1-25-17-4-6-19(7-5-17)28(23,24)21-10-8-20(9-11-21)13-16(22)14-26-15-18-3-2-12-27-18/h4-7,16,18,22H,2-3,8-15H2,1H3/t16-,18+/m0/s1. The first kappa shape index (κ1) is 21.5. The van der Waals surface area contributed by atoms with Crippen LogP contribution < -0.4 is 4.74 Å². The summed E-state index contributed by atoms with van der Waals surface area (Å²) in [5.74, 6) is 0.625. The molecular weight excluding hydrogens is 384 g/mol. The molecule has 1 aromatic rings. The predicted octanol–water partition coefficient (Wildman–Crippen LogP) is 0.558. The largest absolute Gasteiger partial charge is 0.497 e. The third-order valence-electron chi connectivity index (χ3n) is 5.14. The van der Waals surface area contributed by atoms with Gasteiger partial charge in [-0.05, 0) is 37.1 Å². The lowest BCUT2D eigenvalue weighted by atomic mass is 10.2. The first-order valence-electron chi connectivity index (χ1n) is 9.73. The molecule has 0 unspecified atom stereocenters. The number of sulfonamides is 1. The van der Waals surface area contributed by atoms with E-state index in [4.69, 9.17) is 14.2 Å². The summed E-state index contributed by atoms with van der Waals surface area (Å²) in [7, 11) is -1.97. The maximum atomic E-state index is 12.8. The molecule has 0 radical (unpaired) electrons. The molecule has 9 heteroatoms. The Hall–Kier alpha value is -1.23. The Balaban J connectivity index is 1.41. The molecule has 2 fully saturated rings. The molecule has 158 valence electrons. The van der Waals surface area contributed by atoms with Crippen molar-refractivity contribution in [2.45, 2.75) is 29.9 Å². The summed E-state index contributed by atoms with van der Waals surface area (Å²) in [5, 5.41) is 10.2. The third-order valence-corrected chi connectivity index (χ3v) is 7.05. The van der Waals surface area contributed by atoms with Gasteiger partial charge >= 0.3 is 0 Å². The normalized spacial score (nSPS) is 23.0. The number of hydrogen-bond acceptors (Lipinski definition) is 7. The number of rotatable bonds is 9. The molecule has 0 aromatic heterocycles. The van der Waals surface area contributed by atoms with Crippen molar-refractivity contribution in [2.75, 3.05) is 59.7 Å². The van der Waals surface area contributed by atoms with E-state index in [1.54, 1.807) is 31.4 Å². The number of β-amino-alcohol motifs (C(OH)–C–C–N with tert-alkyl or cyclic N) is 1. The van der Waals surface area contributed by atoms with Crippen LogP contribution in [0.2, 0.25) is 0 Å². The minimum Gasteiger partial charge on any atom is -0.497 e. The molecule has 2 aliphatic heterocycles. The first-order valence-corrected chi connectivity index (χ1v) is 11.2. The number of hydrogen-bond donors (Lipinski definition) is 1. The monoisotopic (exact) mass is 414 g/mol. The molecular formula is C19H30N2O6S. The highest BCUT2D eigenvalue weighted by Gasteiger charge is 2.29. The molecule has 1 aromatic carbocycles. The number of ether oxygens (including phenoxy) is 3. The van der Waals surface area contributed by atoms with E-state index in [0.29, 0.717) is 45.1 Å². The van der Waals surface area contributed by atoms with Crippen molar-refractivity contribution in [3.63, 3.8) is 0 Å². The Morgan fingerprint density at radius 2 is 1.93 bits per heavy atom. The van der Waals surface area contributed by atoms with E-state index < -0.39 is 16.1 Å². The quantitative estimate of drug-likeness (QED) is 0.632. The van der Waals surface area contributed by atoms with Crippen molar-refractivity contribution >= 4 is 10.0 Å². The Labute approximate surface area is 167 Å². The smallest absolute Gasteiger partial charge is 0.243 e. The number of piperazine rings is 1. The highest BCUT2D eigenvalue weighted by atomic mass is 32.2. The molecule has 2 saturated heterocycles. The molecule has 2 atom stereocenters. The van der Waals surface area contributed by atoms with Gasteiger partial charge in [-0.25, -0.2) is 8.42 Å². The SMILES string of the molecule is COc1ccc(S(=O)(=O)N2CCN(C[C@H](O)COC[C@H]3CCCO3)CC2)cc1. The Morgan fingerprint density at radius 3 is 2.54 bits per heavy atom. The van der Waals surface area contributed by atoms with Crippen LogP contribution in [-0.2, 0) is 19.5 Å². The molecule has 0 saturated carbocycles. The van der Waals surface area contributed by atoms with Gasteiger partial charge in [-0.2, -0.15) is 4.31 Å². The highest BCUT2D eigenvalue weighted by molar-refractivity contribution is 7.89. The van der Waals surface area contributed by atoms with Crippen LogP contribution in [0.1, 0.15) is 12.8 Å². The molecule has 28 heavy (non-hydrogen) atoms. The van der Waals surface area contributed by atoms with Crippen LogP contribution in [0.4, 0.5) is 0 Å². The van der Waals surface area contributed by atoms with Gasteiger partial charge in [0.25, 0.3) is 0 Å². The van der Waals surface area contributed by atoms with Gasteiger partial charge in [0.05, 0.1) is 37.4 Å².